The molecular weight excluding hydrogens is 758 g/mol. The van der Waals surface area contributed by atoms with E-state index in [-0.39, 0.29) is 24.6 Å². The molecule has 2 aliphatic heterocycles. The summed E-state index contributed by atoms with van der Waals surface area (Å²) in [6, 6.07) is 4.22. The standard InChI is InChI=1S/C33H33BF6INO6/c1-4-5-18-11-22-28(31(45)42(30(22)44)21-13-19(32(35,36)37)12-20(14-21)33(38,39)40)23-15-34(46)48-25(27(18)23)7-6-16(2)8-17-9-24(41)29(43)26(10-17)47-3/h8-10,12-14,22-23,25,28,43,46H,4-7,11,15H2,1-3H3/b16-8+/t22-,23+,25-,28-/m1/s1. The monoisotopic (exact) mass is 791 g/mol. The minimum Gasteiger partial charge on any atom is -0.504 e. The number of alkyl halides is 6. The number of ether oxygens (including phenoxy) is 1. The topological polar surface area (TPSA) is 96.3 Å². The van der Waals surface area contributed by atoms with Gasteiger partial charge in [0.05, 0.1) is 45.4 Å². The van der Waals surface area contributed by atoms with Crippen LogP contribution in [0, 0.1) is 21.3 Å². The quantitative estimate of drug-likeness (QED) is 0.0925. The summed E-state index contributed by atoms with van der Waals surface area (Å²) in [4.78, 5) is 28.1. The number of hydrogen-bond donors (Lipinski definition) is 2. The number of benzene rings is 2. The van der Waals surface area contributed by atoms with Crippen molar-refractivity contribution in [3.05, 3.63) is 67.3 Å². The number of allylic oxidation sites excluding steroid dienone is 2. The highest BCUT2D eigenvalue weighted by molar-refractivity contribution is 14.1. The lowest BCUT2D eigenvalue weighted by molar-refractivity contribution is -0.143. The van der Waals surface area contributed by atoms with Crippen molar-refractivity contribution in [1.29, 1.82) is 0 Å². The summed E-state index contributed by atoms with van der Waals surface area (Å²) in [6.45, 7) is 3.83. The number of nitrogens with zero attached hydrogens (tertiary/aromatic N) is 1. The molecule has 0 spiro atoms. The Morgan fingerprint density at radius 1 is 1.06 bits per heavy atom. The second-order valence-corrected chi connectivity index (χ2v) is 13.6. The van der Waals surface area contributed by atoms with Crippen LogP contribution >= 0.6 is 22.6 Å². The third-order valence-electron chi connectivity index (χ3n) is 9.17. The zero-order valence-electron chi connectivity index (χ0n) is 26.2. The largest absolute Gasteiger partial charge is 0.504 e. The first-order valence-electron chi connectivity index (χ1n) is 15.4. The number of aromatic hydroxyl groups is 1. The highest BCUT2D eigenvalue weighted by atomic mass is 127. The molecule has 1 aliphatic carbocycles. The van der Waals surface area contributed by atoms with Gasteiger partial charge in [-0.1, -0.05) is 30.6 Å². The van der Waals surface area contributed by atoms with Crippen LogP contribution in [0.1, 0.15) is 62.6 Å². The van der Waals surface area contributed by atoms with Crippen molar-refractivity contribution in [3.63, 3.8) is 0 Å². The predicted molar refractivity (Wildman–Crippen MR) is 174 cm³/mol. The van der Waals surface area contributed by atoms with Gasteiger partial charge in [0.15, 0.2) is 11.5 Å². The average Bonchev–Trinajstić information content (AvgIpc) is 3.25. The van der Waals surface area contributed by atoms with E-state index in [1.165, 1.54) is 7.11 Å². The fourth-order valence-corrected chi connectivity index (χ4v) is 7.80. The summed E-state index contributed by atoms with van der Waals surface area (Å²) >= 11 is 2.00. The maximum atomic E-state index is 13.9. The van der Waals surface area contributed by atoms with Gasteiger partial charge in [0.1, 0.15) is 0 Å². The SMILES string of the molecule is CCCC1=C2[C@@H](CC/C(C)=C/c3cc(I)c(O)c(OC)c3)OB(O)C[C@@H]2[C@@H]2C(=O)N(c3cc(C(F)(F)F)cc(C(F)(F)F)c3)C(=O)[C@@H]2C1. The molecule has 0 radical (unpaired) electrons. The van der Waals surface area contributed by atoms with Gasteiger partial charge in [0, 0.05) is 0 Å². The number of halogens is 7. The van der Waals surface area contributed by atoms with Crippen molar-refractivity contribution in [2.24, 2.45) is 17.8 Å². The van der Waals surface area contributed by atoms with E-state index < -0.39 is 72.0 Å². The summed E-state index contributed by atoms with van der Waals surface area (Å²) < 4.78 is 93.7. The lowest BCUT2D eigenvalue weighted by Crippen LogP contribution is -2.46. The molecule has 2 fully saturated rings. The first-order valence-corrected chi connectivity index (χ1v) is 16.5. The molecule has 0 unspecified atom stereocenters. The van der Waals surface area contributed by atoms with Gasteiger partial charge >= 0.3 is 19.5 Å². The smallest absolute Gasteiger partial charge is 0.455 e. The van der Waals surface area contributed by atoms with Crippen LogP contribution in [0.2, 0.25) is 6.32 Å². The van der Waals surface area contributed by atoms with Gasteiger partial charge in [0.25, 0.3) is 0 Å². The van der Waals surface area contributed by atoms with E-state index in [4.69, 9.17) is 9.39 Å². The van der Waals surface area contributed by atoms with Crippen molar-refractivity contribution in [2.75, 3.05) is 12.0 Å². The molecular formula is C33H33BF6INO6. The number of anilines is 1. The van der Waals surface area contributed by atoms with Gasteiger partial charge in [-0.3, -0.25) is 9.59 Å². The normalized spacial score (nSPS) is 23.5. The number of carbonyl (C=O) groups is 2. The summed E-state index contributed by atoms with van der Waals surface area (Å²) in [7, 11) is 0.144. The first kappa shape index (κ1) is 36.2. The molecule has 0 saturated carbocycles. The van der Waals surface area contributed by atoms with Gasteiger partial charge in [-0.15, -0.1) is 0 Å². The third kappa shape index (κ3) is 7.13. The van der Waals surface area contributed by atoms with Gasteiger partial charge in [-0.2, -0.15) is 26.3 Å². The van der Waals surface area contributed by atoms with Gasteiger partial charge < -0.3 is 19.5 Å². The Morgan fingerprint density at radius 2 is 1.71 bits per heavy atom. The second-order valence-electron chi connectivity index (χ2n) is 12.4. The molecule has 2 N–H and O–H groups in total. The van der Waals surface area contributed by atoms with E-state index in [1.807, 2.05) is 42.5 Å². The van der Waals surface area contributed by atoms with Gasteiger partial charge in [-0.05, 0) is 109 Å². The lowest BCUT2D eigenvalue weighted by atomic mass is 9.58. The van der Waals surface area contributed by atoms with Crippen LogP contribution in [0.25, 0.3) is 6.08 Å². The van der Waals surface area contributed by atoms with Gasteiger partial charge in [-0.25, -0.2) is 4.90 Å². The van der Waals surface area contributed by atoms with E-state index >= 15 is 0 Å². The number of fused-ring (bicyclic) bond motifs is 3. The number of methoxy groups -OCH3 is 1. The molecule has 15 heteroatoms. The number of imide groups is 1. The number of rotatable bonds is 8. The molecule has 2 heterocycles. The summed E-state index contributed by atoms with van der Waals surface area (Å²) in [5.41, 5.74) is -0.696. The molecule has 7 nitrogen and oxygen atoms in total. The Labute approximate surface area is 287 Å². The molecule has 5 rings (SSSR count). The molecule has 48 heavy (non-hydrogen) atoms. The summed E-state index contributed by atoms with van der Waals surface area (Å²) in [5, 5.41) is 21.0. The maximum Gasteiger partial charge on any atom is 0.455 e. The Hall–Kier alpha value is -3.05. The number of phenolic OH excluding ortho intramolecular Hbond substituents is 1. The fourth-order valence-electron chi connectivity index (χ4n) is 7.17. The molecule has 2 aromatic rings. The summed E-state index contributed by atoms with van der Waals surface area (Å²) in [5.74, 6) is -4.19. The molecule has 0 bridgehead atoms. The van der Waals surface area contributed by atoms with Crippen LogP contribution in [0.4, 0.5) is 32.0 Å². The summed E-state index contributed by atoms with van der Waals surface area (Å²) in [6.07, 6.45) is -6.87. The number of phenols is 1. The Morgan fingerprint density at radius 3 is 2.29 bits per heavy atom. The zero-order chi connectivity index (χ0) is 35.3. The lowest BCUT2D eigenvalue weighted by Gasteiger charge is -2.43. The Balaban J connectivity index is 1.47. The zero-order valence-corrected chi connectivity index (χ0v) is 28.4. The predicted octanol–water partition coefficient (Wildman–Crippen LogP) is 8.03. The maximum absolute atomic E-state index is 13.9. The molecule has 0 aromatic heterocycles. The van der Waals surface area contributed by atoms with Gasteiger partial charge in [0.2, 0.25) is 11.8 Å². The van der Waals surface area contributed by atoms with Crippen LogP contribution in [0.15, 0.2) is 47.1 Å². The van der Waals surface area contributed by atoms with Crippen LogP contribution in [0.5, 0.6) is 11.5 Å². The van der Waals surface area contributed by atoms with E-state index in [9.17, 15) is 46.1 Å². The molecule has 2 aromatic carbocycles. The molecule has 258 valence electrons. The average molecular weight is 791 g/mol. The van der Waals surface area contributed by atoms with Crippen molar-refractivity contribution in [2.45, 2.75) is 70.7 Å². The van der Waals surface area contributed by atoms with E-state index in [1.54, 1.807) is 12.1 Å². The fraction of sp³-hybridized carbons (Fsp3) is 0.455. The Bertz CT molecular complexity index is 1640. The minimum atomic E-state index is -5.16. The number of hydrogen-bond acceptors (Lipinski definition) is 6. The van der Waals surface area contributed by atoms with Crippen molar-refractivity contribution < 1.29 is 55.5 Å². The third-order valence-corrected chi connectivity index (χ3v) is 10.00. The van der Waals surface area contributed by atoms with Crippen molar-refractivity contribution >= 4 is 53.3 Å². The molecule has 2 saturated heterocycles. The van der Waals surface area contributed by atoms with Crippen LogP contribution in [-0.2, 0) is 26.6 Å². The van der Waals surface area contributed by atoms with Crippen LogP contribution < -0.4 is 9.64 Å². The van der Waals surface area contributed by atoms with E-state index in [0.717, 1.165) is 22.3 Å². The van der Waals surface area contributed by atoms with Crippen molar-refractivity contribution in [1.82, 2.24) is 0 Å². The highest BCUT2D eigenvalue weighted by Gasteiger charge is 2.58. The van der Waals surface area contributed by atoms with E-state index in [0.29, 0.717) is 52.0 Å². The molecule has 2 amide bonds. The highest BCUT2D eigenvalue weighted by Crippen LogP contribution is 2.52. The van der Waals surface area contributed by atoms with Crippen molar-refractivity contribution in [3.8, 4) is 11.5 Å². The number of amides is 2. The first-order chi connectivity index (χ1) is 22.4. The second kappa shape index (κ2) is 13.7. The molecule has 4 atom stereocenters. The number of carbonyl (C=O) groups excluding carboxylic acids is 2. The van der Waals surface area contributed by atoms with Crippen LogP contribution in [-0.4, -0.2) is 42.3 Å². The van der Waals surface area contributed by atoms with Crippen LogP contribution in [0.3, 0.4) is 0 Å². The minimum absolute atomic E-state index is 0.0295. The molecule has 3 aliphatic rings. The Kier molecular flexibility index (Phi) is 10.3. The van der Waals surface area contributed by atoms with E-state index in [2.05, 4.69) is 0 Å².